The third-order valence-electron chi connectivity index (χ3n) is 14.4. The highest BCUT2D eigenvalue weighted by molar-refractivity contribution is 6.58. The Hall–Kier alpha value is -14.2. The van der Waals surface area contributed by atoms with Crippen molar-refractivity contribution in [3.05, 3.63) is 269 Å². The summed E-state index contributed by atoms with van der Waals surface area (Å²) in [6.07, 6.45) is 0. The number of carbonyl (C=O) groups is 3. The molecule has 3 heterocycles. The normalized spacial score (nSPS) is 10.1. The quantitative estimate of drug-likeness (QED) is 0.0349. The van der Waals surface area contributed by atoms with Gasteiger partial charge in [-0.05, 0) is 166 Å². The predicted molar refractivity (Wildman–Crippen MR) is 361 cm³/mol. The fraction of sp³-hybridized carbons (Fsp3) is 0.0822. The monoisotopic (exact) mass is 1330 g/mol. The number of hydrogen-bond donors (Lipinski definition) is 5. The number of methoxy groups -OCH3 is 2. The van der Waals surface area contributed by atoms with Crippen molar-refractivity contribution >= 4 is 30.5 Å². The number of benzene rings is 9. The molecular formula is C73H56BN13O13. The fourth-order valence-electron chi connectivity index (χ4n) is 9.14. The third-order valence-corrected chi connectivity index (χ3v) is 14.4. The van der Waals surface area contributed by atoms with Crippen LogP contribution in [-0.4, -0.2) is 112 Å². The Bertz CT molecular complexity index is 4910. The SMILES string of the molecule is CCOC(=O)c1nnn(Cc2ccc(OC)cc2)c1Oc1ccc(-c2ccc(C#N)cc2)cc1.COc1ccc(Cn2nnc(C(=O)O)c2Oc2ccc(-c3ccc(C#N)cc3)cc2)cc1.N#Cc1ccc(-c2ccc(Oc3nn[nH]c3C(=O)O)cc2)cc1.N#Cc1ccc(B(O)O)cc1. The zero-order valence-electron chi connectivity index (χ0n) is 53.3. The number of aromatic nitrogens is 9. The van der Waals surface area contributed by atoms with Crippen LogP contribution in [0, 0.1) is 45.3 Å². The first kappa shape index (κ1) is 70.1. The van der Waals surface area contributed by atoms with Gasteiger partial charge in [-0.25, -0.2) is 28.8 Å². The number of nitrogens with zero attached hydrogens (tertiary/aromatic N) is 12. The van der Waals surface area contributed by atoms with Gasteiger partial charge in [0.25, 0.3) is 17.6 Å². The molecule has 0 aliphatic carbocycles. The van der Waals surface area contributed by atoms with E-state index in [-0.39, 0.29) is 47.9 Å². The molecule has 0 saturated carbocycles. The van der Waals surface area contributed by atoms with Gasteiger partial charge < -0.3 is 48.7 Å². The van der Waals surface area contributed by atoms with E-state index in [2.05, 4.69) is 54.2 Å². The number of H-pyrrole nitrogens is 1. The van der Waals surface area contributed by atoms with Gasteiger partial charge in [0.15, 0.2) is 0 Å². The number of aromatic amines is 1. The minimum Gasteiger partial charge on any atom is -0.497 e. The van der Waals surface area contributed by atoms with Crippen LogP contribution in [0.15, 0.2) is 218 Å². The van der Waals surface area contributed by atoms with Gasteiger partial charge >= 0.3 is 25.0 Å². The summed E-state index contributed by atoms with van der Waals surface area (Å²) in [5.74, 6) is -0.0144. The number of nitrogens with one attached hydrogen (secondary N) is 1. The van der Waals surface area contributed by atoms with E-state index in [0.29, 0.717) is 51.5 Å². The first-order valence-electron chi connectivity index (χ1n) is 30.0. The average molecular weight is 1330 g/mol. The van der Waals surface area contributed by atoms with E-state index in [0.717, 1.165) is 56.0 Å². The second kappa shape index (κ2) is 34.2. The average Bonchev–Trinajstić information content (AvgIpc) is 1.68. The number of aromatic carboxylic acids is 2. The van der Waals surface area contributed by atoms with Crippen LogP contribution in [0.3, 0.4) is 0 Å². The molecule has 5 N–H and O–H groups in total. The van der Waals surface area contributed by atoms with Crippen LogP contribution < -0.4 is 29.1 Å². The van der Waals surface area contributed by atoms with Crippen molar-refractivity contribution in [1.29, 1.82) is 21.0 Å². The number of carboxylic acids is 2. The molecule has 0 atom stereocenters. The van der Waals surface area contributed by atoms with E-state index in [4.69, 9.17) is 64.6 Å². The highest BCUT2D eigenvalue weighted by Gasteiger charge is 2.25. The van der Waals surface area contributed by atoms with Crippen molar-refractivity contribution in [3.8, 4) is 104 Å². The number of rotatable bonds is 20. The zero-order chi connectivity index (χ0) is 70.9. The highest BCUT2D eigenvalue weighted by Crippen LogP contribution is 2.32. The number of carboxylic acid groups (broad SMARTS) is 2. The van der Waals surface area contributed by atoms with Crippen molar-refractivity contribution in [2.45, 2.75) is 20.0 Å². The molecule has 0 amide bonds. The first-order chi connectivity index (χ1) is 48.6. The lowest BCUT2D eigenvalue weighted by Gasteiger charge is -2.11. The molecule has 0 fully saturated rings. The Morgan fingerprint density at radius 3 is 1.10 bits per heavy atom. The molecule has 12 aromatic rings. The van der Waals surface area contributed by atoms with Crippen LogP contribution in [0.5, 0.6) is 46.4 Å². The van der Waals surface area contributed by atoms with Crippen LogP contribution in [-0.2, 0) is 17.8 Å². The number of ether oxygens (including phenoxy) is 6. The number of nitriles is 4. The number of hydrogen-bond acceptors (Lipinski definition) is 21. The highest BCUT2D eigenvalue weighted by atomic mass is 16.5. The van der Waals surface area contributed by atoms with Crippen LogP contribution in [0.1, 0.15) is 71.8 Å². The topological polar surface area (TPSA) is 386 Å². The van der Waals surface area contributed by atoms with E-state index in [1.807, 2.05) is 127 Å². The molecule has 0 bridgehead atoms. The summed E-state index contributed by atoms with van der Waals surface area (Å²) >= 11 is 0. The molecular weight excluding hydrogens is 1280 g/mol. The van der Waals surface area contributed by atoms with Gasteiger partial charge in [0.2, 0.25) is 17.1 Å². The molecule has 0 aliphatic heterocycles. The van der Waals surface area contributed by atoms with Gasteiger partial charge in [-0.2, -0.15) is 21.0 Å². The van der Waals surface area contributed by atoms with Crippen molar-refractivity contribution in [1.82, 2.24) is 45.4 Å². The molecule has 100 heavy (non-hydrogen) atoms. The summed E-state index contributed by atoms with van der Waals surface area (Å²) < 4.78 is 35.8. The minimum atomic E-state index is -1.46. The Morgan fingerprint density at radius 2 is 0.770 bits per heavy atom. The van der Waals surface area contributed by atoms with Crippen LogP contribution in [0.2, 0.25) is 0 Å². The standard InChI is InChI=1S/C26H22N4O4.C24H18N4O4.C16H10N4O3.C7H6BNO2/c1-3-33-26(31)24-25(30(29-28-24)17-19-6-12-22(32-2)13-7-19)34-23-14-10-21(11-15-23)20-8-4-18(16-27)5-9-20;1-31-20-10-4-17(5-11-20)15-28-23(22(24(29)30)26-27-28)32-21-12-8-19(9-13-21)18-6-2-16(14-25)3-7-18;17-9-10-1-3-11(4-2-10)12-5-7-13(8-6-12)23-15-14(16(21)22)18-20-19-15;9-5-6-1-3-7(4-2-6)8(10)11/h4-15H,3,17H2,1-2H3;2-13H,15H2,1H3,(H,29,30);1-8H,(H,21,22)(H,18,19,20);1-4,10-11H. The molecule has 26 nitrogen and oxygen atoms in total. The van der Waals surface area contributed by atoms with E-state index in [1.165, 1.54) is 33.6 Å². The molecule has 27 heteroatoms. The van der Waals surface area contributed by atoms with Crippen LogP contribution in [0.4, 0.5) is 0 Å². The van der Waals surface area contributed by atoms with Gasteiger partial charge in [-0.3, -0.25) is 0 Å². The Morgan fingerprint density at radius 1 is 0.440 bits per heavy atom. The van der Waals surface area contributed by atoms with Gasteiger partial charge in [0.05, 0.1) is 80.4 Å². The van der Waals surface area contributed by atoms with Gasteiger partial charge in [0.1, 0.15) is 28.7 Å². The largest absolute Gasteiger partial charge is 0.497 e. The van der Waals surface area contributed by atoms with Crippen molar-refractivity contribution in [2.75, 3.05) is 20.8 Å². The predicted octanol–water partition coefficient (Wildman–Crippen LogP) is 11.3. The van der Waals surface area contributed by atoms with E-state index in [1.54, 1.807) is 93.9 Å². The number of carbonyl (C=O) groups excluding carboxylic acids is 1. The first-order valence-corrected chi connectivity index (χ1v) is 30.0. The summed E-state index contributed by atoms with van der Waals surface area (Å²) in [5.41, 5.74) is 9.77. The molecule has 0 saturated heterocycles. The second-order valence-corrected chi connectivity index (χ2v) is 20.9. The van der Waals surface area contributed by atoms with Crippen molar-refractivity contribution < 1.29 is 63.1 Å². The van der Waals surface area contributed by atoms with Crippen molar-refractivity contribution in [2.24, 2.45) is 0 Å². The summed E-state index contributed by atoms with van der Waals surface area (Å²) in [7, 11) is 1.74. The molecule has 12 rings (SSSR count). The summed E-state index contributed by atoms with van der Waals surface area (Å²) in [5, 5.41) is 96.0. The lowest BCUT2D eigenvalue weighted by Crippen LogP contribution is -2.29. The van der Waals surface area contributed by atoms with E-state index >= 15 is 0 Å². The van der Waals surface area contributed by atoms with E-state index < -0.39 is 25.0 Å². The van der Waals surface area contributed by atoms with Gasteiger partial charge in [-0.1, -0.05) is 130 Å². The summed E-state index contributed by atoms with van der Waals surface area (Å²) in [6.45, 7) is 2.56. The fourth-order valence-corrected chi connectivity index (χ4v) is 9.14. The smallest absolute Gasteiger partial charge is 0.488 e. The molecule has 3 aromatic heterocycles. The van der Waals surface area contributed by atoms with Crippen LogP contribution in [0.25, 0.3) is 33.4 Å². The van der Waals surface area contributed by atoms with E-state index in [9.17, 15) is 19.5 Å². The van der Waals surface area contributed by atoms with Crippen LogP contribution >= 0.6 is 0 Å². The van der Waals surface area contributed by atoms with Gasteiger partial charge in [-0.15, -0.1) is 10.2 Å². The maximum Gasteiger partial charge on any atom is 0.488 e. The summed E-state index contributed by atoms with van der Waals surface area (Å²) in [4.78, 5) is 35.0. The zero-order valence-corrected chi connectivity index (χ0v) is 53.3. The maximum atomic E-state index is 12.4. The molecule has 0 radical (unpaired) electrons. The van der Waals surface area contributed by atoms with Gasteiger partial charge in [0, 0.05) is 0 Å². The minimum absolute atomic E-state index is 0.00605. The maximum absolute atomic E-state index is 12.4. The Kier molecular flexibility index (Phi) is 24.0. The van der Waals surface area contributed by atoms with Crippen molar-refractivity contribution in [3.63, 3.8) is 0 Å². The Labute approximate surface area is 571 Å². The molecule has 0 unspecified atom stereocenters. The Balaban J connectivity index is 0.000000165. The third kappa shape index (κ3) is 18.8. The molecule has 0 aliphatic rings. The number of esters is 1. The molecule has 494 valence electrons. The summed E-state index contributed by atoms with van der Waals surface area (Å²) in [6, 6.07) is 72.5. The lowest BCUT2D eigenvalue weighted by atomic mass is 9.80. The lowest BCUT2D eigenvalue weighted by molar-refractivity contribution is 0.0515. The second-order valence-electron chi connectivity index (χ2n) is 20.9. The molecule has 0 spiro atoms. The molecule has 9 aromatic carbocycles.